The predicted molar refractivity (Wildman–Crippen MR) is 119 cm³/mol. The Hall–Kier alpha value is -2.86. The molecule has 2 aromatic carbocycles. The standard InChI is InChI=1S/C24H24N2O3S/c1-23(2)20(27)15-7-3-5-9-17(15)29-24(23)11-13-26(14-12-24)22(28)19-16-8-4-6-10-18(16)30-21(19)25/h3-10H,11-14,25H2,1-2H3. The fourth-order valence-electron chi connectivity index (χ4n) is 4.87. The lowest BCUT2D eigenvalue weighted by molar-refractivity contribution is -0.0728. The molecule has 1 spiro atoms. The summed E-state index contributed by atoms with van der Waals surface area (Å²) in [7, 11) is 0. The van der Waals surface area contributed by atoms with E-state index in [1.54, 1.807) is 0 Å². The number of nitrogens with two attached hydrogens (primary N) is 1. The lowest BCUT2D eigenvalue weighted by atomic mass is 9.64. The Kier molecular flexibility index (Phi) is 4.19. The van der Waals surface area contributed by atoms with Crippen molar-refractivity contribution in [3.63, 3.8) is 0 Å². The molecule has 0 atom stereocenters. The van der Waals surface area contributed by atoms with Gasteiger partial charge in [-0.15, -0.1) is 11.3 Å². The van der Waals surface area contributed by atoms with Gasteiger partial charge in [-0.3, -0.25) is 9.59 Å². The van der Waals surface area contributed by atoms with Crippen LogP contribution in [0.5, 0.6) is 5.75 Å². The molecule has 154 valence electrons. The Labute approximate surface area is 179 Å². The van der Waals surface area contributed by atoms with E-state index in [-0.39, 0.29) is 11.7 Å². The van der Waals surface area contributed by atoms with Crippen LogP contribution in [-0.4, -0.2) is 35.3 Å². The molecule has 0 saturated carbocycles. The average molecular weight is 421 g/mol. The number of thiophene rings is 1. The first-order valence-electron chi connectivity index (χ1n) is 10.2. The van der Waals surface area contributed by atoms with E-state index in [4.69, 9.17) is 10.5 Å². The monoisotopic (exact) mass is 420 g/mol. The SMILES string of the molecule is CC1(C)C(=O)c2ccccc2OC12CCN(C(=O)c1c(N)sc3ccccc13)CC2. The van der Waals surface area contributed by atoms with Gasteiger partial charge in [0, 0.05) is 36.0 Å². The zero-order valence-corrected chi connectivity index (χ0v) is 17.9. The summed E-state index contributed by atoms with van der Waals surface area (Å²) >= 11 is 1.45. The molecule has 2 aliphatic rings. The average Bonchev–Trinajstić information content (AvgIpc) is 3.08. The summed E-state index contributed by atoms with van der Waals surface area (Å²) in [5.41, 5.74) is 6.17. The number of hydrogen-bond acceptors (Lipinski definition) is 5. The number of piperidine rings is 1. The molecule has 0 bridgehead atoms. The molecule has 5 nitrogen and oxygen atoms in total. The van der Waals surface area contributed by atoms with E-state index in [0.717, 1.165) is 10.1 Å². The third-order valence-corrected chi connectivity index (χ3v) is 7.84. The van der Waals surface area contributed by atoms with Gasteiger partial charge in [0.25, 0.3) is 5.91 Å². The predicted octanol–water partition coefficient (Wildman–Crippen LogP) is 4.76. The van der Waals surface area contributed by atoms with Gasteiger partial charge in [0.15, 0.2) is 5.78 Å². The molecular weight excluding hydrogens is 396 g/mol. The van der Waals surface area contributed by atoms with Crippen molar-refractivity contribution < 1.29 is 14.3 Å². The Morgan fingerprint density at radius 3 is 2.50 bits per heavy atom. The van der Waals surface area contributed by atoms with E-state index >= 15 is 0 Å². The highest BCUT2D eigenvalue weighted by molar-refractivity contribution is 7.23. The summed E-state index contributed by atoms with van der Waals surface area (Å²) in [5.74, 6) is 0.715. The maximum atomic E-state index is 13.3. The number of nitrogens with zero attached hydrogens (tertiary/aromatic N) is 1. The molecule has 2 N–H and O–H groups in total. The van der Waals surface area contributed by atoms with Crippen LogP contribution in [0, 0.1) is 5.41 Å². The van der Waals surface area contributed by atoms with E-state index in [1.165, 1.54) is 11.3 Å². The van der Waals surface area contributed by atoms with E-state index in [9.17, 15) is 9.59 Å². The number of fused-ring (bicyclic) bond motifs is 2. The number of anilines is 1. The Morgan fingerprint density at radius 2 is 1.73 bits per heavy atom. The second-order valence-electron chi connectivity index (χ2n) is 8.68. The second kappa shape index (κ2) is 6.57. The summed E-state index contributed by atoms with van der Waals surface area (Å²) < 4.78 is 7.50. The van der Waals surface area contributed by atoms with E-state index in [1.807, 2.05) is 67.3 Å². The van der Waals surface area contributed by atoms with E-state index in [2.05, 4.69) is 0 Å². The second-order valence-corrected chi connectivity index (χ2v) is 9.76. The smallest absolute Gasteiger partial charge is 0.257 e. The molecule has 0 unspecified atom stereocenters. The summed E-state index contributed by atoms with van der Waals surface area (Å²) in [4.78, 5) is 28.4. The van der Waals surface area contributed by atoms with Crippen LogP contribution in [0.3, 0.4) is 0 Å². The number of amides is 1. The molecule has 1 aromatic heterocycles. The van der Waals surface area contributed by atoms with Gasteiger partial charge in [-0.25, -0.2) is 0 Å². The normalized spacial score (nSPS) is 19.5. The van der Waals surface area contributed by atoms with Gasteiger partial charge in [-0.05, 0) is 32.0 Å². The van der Waals surface area contributed by atoms with Crippen LogP contribution < -0.4 is 10.5 Å². The molecule has 3 aromatic rings. The first-order chi connectivity index (χ1) is 14.3. The van der Waals surface area contributed by atoms with Gasteiger partial charge in [0.2, 0.25) is 0 Å². The van der Waals surface area contributed by atoms with Crippen molar-refractivity contribution in [1.29, 1.82) is 0 Å². The fourth-order valence-corrected chi connectivity index (χ4v) is 5.83. The van der Waals surface area contributed by atoms with Gasteiger partial charge in [-0.2, -0.15) is 0 Å². The highest BCUT2D eigenvalue weighted by atomic mass is 32.1. The molecule has 2 aliphatic heterocycles. The molecule has 6 heteroatoms. The first kappa shape index (κ1) is 19.1. The topological polar surface area (TPSA) is 72.6 Å². The van der Waals surface area contributed by atoms with Crippen molar-refractivity contribution >= 4 is 38.1 Å². The number of hydrogen-bond donors (Lipinski definition) is 1. The Morgan fingerprint density at radius 1 is 1.07 bits per heavy atom. The van der Waals surface area contributed by atoms with Crippen molar-refractivity contribution in [2.45, 2.75) is 32.3 Å². The number of ketones is 1. The van der Waals surface area contributed by atoms with E-state index in [0.29, 0.717) is 47.8 Å². The molecule has 30 heavy (non-hydrogen) atoms. The zero-order chi connectivity index (χ0) is 21.1. The van der Waals surface area contributed by atoms with Crippen LogP contribution in [0.1, 0.15) is 47.4 Å². The van der Waals surface area contributed by atoms with Crippen LogP contribution >= 0.6 is 11.3 Å². The molecule has 3 heterocycles. The van der Waals surface area contributed by atoms with Crippen LogP contribution in [0.2, 0.25) is 0 Å². The van der Waals surface area contributed by atoms with E-state index < -0.39 is 11.0 Å². The summed E-state index contributed by atoms with van der Waals surface area (Å²) in [6, 6.07) is 15.3. The number of likely N-dealkylation sites (tertiary alicyclic amines) is 1. The van der Waals surface area contributed by atoms with Gasteiger partial charge < -0.3 is 15.4 Å². The fraction of sp³-hybridized carbons (Fsp3) is 0.333. The summed E-state index contributed by atoms with van der Waals surface area (Å²) in [6.45, 7) is 4.99. The minimum Gasteiger partial charge on any atom is -0.485 e. The lowest BCUT2D eigenvalue weighted by Crippen LogP contribution is -2.61. The van der Waals surface area contributed by atoms with Crippen molar-refractivity contribution in [3.8, 4) is 5.75 Å². The van der Waals surface area contributed by atoms with Crippen molar-refractivity contribution in [2.24, 2.45) is 5.41 Å². The summed E-state index contributed by atoms with van der Waals surface area (Å²) in [5, 5.41) is 1.46. The lowest BCUT2D eigenvalue weighted by Gasteiger charge is -2.52. The Bertz CT molecular complexity index is 1170. The van der Waals surface area contributed by atoms with Crippen molar-refractivity contribution in [1.82, 2.24) is 4.90 Å². The maximum absolute atomic E-state index is 13.3. The third-order valence-electron chi connectivity index (χ3n) is 6.84. The molecule has 5 rings (SSSR count). The number of carbonyl (C=O) groups excluding carboxylic acids is 2. The Balaban J connectivity index is 1.43. The molecule has 0 aliphatic carbocycles. The first-order valence-corrected chi connectivity index (χ1v) is 11.0. The molecule has 1 amide bonds. The van der Waals surface area contributed by atoms with Crippen LogP contribution in [0.4, 0.5) is 5.00 Å². The van der Waals surface area contributed by atoms with Gasteiger partial charge in [0.05, 0.1) is 21.5 Å². The van der Waals surface area contributed by atoms with Crippen LogP contribution in [-0.2, 0) is 0 Å². The number of nitrogen functional groups attached to an aromatic ring is 1. The molecular formula is C24H24N2O3S. The van der Waals surface area contributed by atoms with Gasteiger partial charge >= 0.3 is 0 Å². The number of para-hydroxylation sites is 1. The molecule has 0 radical (unpaired) electrons. The highest BCUT2D eigenvalue weighted by Gasteiger charge is 2.56. The zero-order valence-electron chi connectivity index (χ0n) is 17.1. The number of ether oxygens (including phenoxy) is 1. The number of carbonyl (C=O) groups is 2. The summed E-state index contributed by atoms with van der Waals surface area (Å²) in [6.07, 6.45) is 1.21. The highest BCUT2D eigenvalue weighted by Crippen LogP contribution is 2.50. The minimum atomic E-state index is -0.662. The largest absolute Gasteiger partial charge is 0.485 e. The number of benzene rings is 2. The molecule has 1 fully saturated rings. The van der Waals surface area contributed by atoms with Crippen molar-refractivity contribution in [2.75, 3.05) is 18.8 Å². The van der Waals surface area contributed by atoms with Crippen molar-refractivity contribution in [3.05, 3.63) is 59.7 Å². The quantitative estimate of drug-likeness (QED) is 0.616. The van der Waals surface area contributed by atoms with Gasteiger partial charge in [0.1, 0.15) is 11.4 Å². The molecule has 1 saturated heterocycles. The maximum Gasteiger partial charge on any atom is 0.257 e. The minimum absolute atomic E-state index is 0.0415. The van der Waals surface area contributed by atoms with Gasteiger partial charge in [-0.1, -0.05) is 30.3 Å². The van der Waals surface area contributed by atoms with Crippen LogP contribution in [0.15, 0.2) is 48.5 Å². The van der Waals surface area contributed by atoms with Crippen LogP contribution in [0.25, 0.3) is 10.1 Å². The third kappa shape index (κ3) is 2.59. The number of rotatable bonds is 1. The number of Topliss-reactive ketones (excluding diaryl/α,β-unsaturated/α-hetero) is 1.